The molecule has 0 atom stereocenters. The number of halogens is 1. The van der Waals surface area contributed by atoms with Crippen molar-refractivity contribution < 1.29 is 9.53 Å². The maximum absolute atomic E-state index is 12.8. The topological polar surface area (TPSA) is 63.2 Å². The second-order valence-corrected chi connectivity index (χ2v) is 7.95. The molecule has 1 heterocycles. The van der Waals surface area contributed by atoms with E-state index in [0.29, 0.717) is 16.4 Å². The van der Waals surface area contributed by atoms with Crippen molar-refractivity contribution in [2.24, 2.45) is 0 Å². The van der Waals surface area contributed by atoms with Gasteiger partial charge in [0.2, 0.25) is 0 Å². The second kappa shape index (κ2) is 10.9. The summed E-state index contributed by atoms with van der Waals surface area (Å²) in [6.07, 6.45) is 1.82. The summed E-state index contributed by atoms with van der Waals surface area (Å²) < 4.78 is 6.47. The maximum atomic E-state index is 12.8. The summed E-state index contributed by atoms with van der Waals surface area (Å²) in [6, 6.07) is 21.6. The van der Waals surface area contributed by atoms with Crippen LogP contribution in [0.1, 0.15) is 15.9 Å². The molecule has 0 bridgehead atoms. The van der Waals surface area contributed by atoms with Crippen LogP contribution in [0.2, 0.25) is 0 Å². The lowest BCUT2D eigenvalue weighted by Gasteiger charge is -2.05. The molecule has 1 aromatic heterocycles. The molecular weight excluding hydrogens is 442 g/mol. The number of rotatable bonds is 8. The second-order valence-electron chi connectivity index (χ2n) is 6.95. The summed E-state index contributed by atoms with van der Waals surface area (Å²) in [5, 5.41) is 6.72. The fourth-order valence-electron chi connectivity index (χ4n) is 3.31. The number of ether oxygens (including phenoxy) is 1. The van der Waals surface area contributed by atoms with Crippen LogP contribution >= 0.6 is 23.7 Å². The fourth-order valence-corrected chi connectivity index (χ4v) is 4.32. The van der Waals surface area contributed by atoms with Crippen LogP contribution in [-0.2, 0) is 6.54 Å². The molecule has 0 unspecified atom stereocenters. The Balaban J connectivity index is 0.00000289. The quantitative estimate of drug-likeness (QED) is 0.250. The van der Waals surface area contributed by atoms with Gasteiger partial charge in [-0.25, -0.2) is 4.98 Å². The number of thiazole rings is 1. The first-order chi connectivity index (χ1) is 15.2. The summed E-state index contributed by atoms with van der Waals surface area (Å²) in [4.78, 5) is 17.4. The maximum Gasteiger partial charge on any atom is 0.257 e. The summed E-state index contributed by atoms with van der Waals surface area (Å²) in [5.41, 5.74) is 4.59. The van der Waals surface area contributed by atoms with Gasteiger partial charge in [0.1, 0.15) is 11.3 Å². The van der Waals surface area contributed by atoms with Crippen LogP contribution in [0, 0.1) is 0 Å². The number of carbonyl (C=O) groups is 1. The third-order valence-electron chi connectivity index (χ3n) is 4.87. The smallest absolute Gasteiger partial charge is 0.257 e. The van der Waals surface area contributed by atoms with E-state index in [-0.39, 0.29) is 18.3 Å². The van der Waals surface area contributed by atoms with E-state index in [1.165, 1.54) is 11.3 Å². The van der Waals surface area contributed by atoms with Crippen molar-refractivity contribution in [2.45, 2.75) is 6.54 Å². The van der Waals surface area contributed by atoms with E-state index in [1.54, 1.807) is 7.11 Å². The first-order valence-electron chi connectivity index (χ1n) is 9.94. The lowest BCUT2D eigenvalue weighted by Crippen LogP contribution is -2.14. The van der Waals surface area contributed by atoms with Gasteiger partial charge >= 0.3 is 0 Å². The van der Waals surface area contributed by atoms with Crippen LogP contribution in [0.25, 0.3) is 21.3 Å². The Labute approximate surface area is 197 Å². The van der Waals surface area contributed by atoms with Crippen molar-refractivity contribution in [1.29, 1.82) is 0 Å². The average Bonchev–Trinajstić information content (AvgIpc) is 3.23. The Kier molecular flexibility index (Phi) is 8.00. The molecule has 0 saturated carbocycles. The van der Waals surface area contributed by atoms with Gasteiger partial charge in [-0.2, -0.15) is 0 Å². The van der Waals surface area contributed by atoms with Crippen LogP contribution in [0.5, 0.6) is 5.75 Å². The standard InChI is InChI=1S/C25H23N3O2S.ClH/c1-3-15-26-16-17-9-11-19(12-10-17)24(29)28-25-27-22-21(30-2)14-13-20(23(22)31-25)18-7-5-4-6-8-18;/h3-14,26H,1,15-16H2,2H3,(H,27,28,29);1H. The van der Waals surface area contributed by atoms with Crippen molar-refractivity contribution in [3.63, 3.8) is 0 Å². The van der Waals surface area contributed by atoms with Crippen molar-refractivity contribution >= 4 is 45.0 Å². The van der Waals surface area contributed by atoms with Gasteiger partial charge in [-0.05, 0) is 35.4 Å². The van der Waals surface area contributed by atoms with Gasteiger partial charge in [0.25, 0.3) is 5.91 Å². The number of methoxy groups -OCH3 is 1. The molecule has 32 heavy (non-hydrogen) atoms. The van der Waals surface area contributed by atoms with Crippen LogP contribution in [0.3, 0.4) is 0 Å². The largest absolute Gasteiger partial charge is 0.494 e. The number of fused-ring (bicyclic) bond motifs is 1. The zero-order valence-corrected chi connectivity index (χ0v) is 19.3. The highest BCUT2D eigenvalue weighted by Gasteiger charge is 2.16. The van der Waals surface area contributed by atoms with Crippen LogP contribution < -0.4 is 15.4 Å². The minimum atomic E-state index is -0.190. The molecule has 0 aliphatic carbocycles. The van der Waals surface area contributed by atoms with Crippen LogP contribution in [0.15, 0.2) is 79.4 Å². The molecule has 7 heteroatoms. The number of nitrogens with zero attached hydrogens (tertiary/aromatic N) is 1. The SMILES string of the molecule is C=CCNCc1ccc(C(=O)Nc2nc3c(OC)ccc(-c4ccccc4)c3s2)cc1.Cl. The lowest BCUT2D eigenvalue weighted by molar-refractivity contribution is 0.102. The molecule has 0 aliphatic rings. The van der Waals surface area contributed by atoms with E-state index in [0.717, 1.165) is 40.0 Å². The molecule has 1 amide bonds. The van der Waals surface area contributed by atoms with Gasteiger partial charge in [0.05, 0.1) is 11.8 Å². The fraction of sp³-hybridized carbons (Fsp3) is 0.120. The first-order valence-corrected chi connectivity index (χ1v) is 10.8. The molecule has 4 aromatic rings. The van der Waals surface area contributed by atoms with Gasteiger partial charge in [-0.3, -0.25) is 10.1 Å². The minimum absolute atomic E-state index is 0. The van der Waals surface area contributed by atoms with E-state index >= 15 is 0 Å². The van der Waals surface area contributed by atoms with E-state index in [4.69, 9.17) is 4.74 Å². The summed E-state index contributed by atoms with van der Waals surface area (Å²) in [5.74, 6) is 0.493. The monoisotopic (exact) mass is 465 g/mol. The van der Waals surface area contributed by atoms with Crippen LogP contribution in [0.4, 0.5) is 5.13 Å². The normalized spacial score (nSPS) is 10.4. The molecule has 3 aromatic carbocycles. The average molecular weight is 466 g/mol. The molecule has 0 spiro atoms. The number of aromatic nitrogens is 1. The van der Waals surface area contributed by atoms with E-state index in [1.807, 2.05) is 60.7 Å². The van der Waals surface area contributed by atoms with Gasteiger partial charge < -0.3 is 10.1 Å². The third kappa shape index (κ3) is 5.16. The van der Waals surface area contributed by atoms with Gasteiger partial charge in [-0.1, -0.05) is 59.9 Å². The molecule has 4 rings (SSSR count). The number of nitrogens with one attached hydrogen (secondary N) is 2. The molecule has 0 aliphatic heterocycles. The van der Waals surface area contributed by atoms with Crippen LogP contribution in [-0.4, -0.2) is 24.5 Å². The first kappa shape index (κ1) is 23.5. The zero-order valence-electron chi connectivity index (χ0n) is 17.6. The Morgan fingerprint density at radius 1 is 1.09 bits per heavy atom. The highest BCUT2D eigenvalue weighted by molar-refractivity contribution is 7.23. The lowest BCUT2D eigenvalue weighted by atomic mass is 10.1. The Morgan fingerprint density at radius 2 is 1.84 bits per heavy atom. The van der Waals surface area contributed by atoms with Crippen molar-refractivity contribution in [3.8, 4) is 16.9 Å². The highest BCUT2D eigenvalue weighted by Crippen LogP contribution is 2.39. The number of benzene rings is 3. The number of hydrogen-bond acceptors (Lipinski definition) is 5. The molecule has 5 nitrogen and oxygen atoms in total. The van der Waals surface area contributed by atoms with Crippen molar-refractivity contribution in [2.75, 3.05) is 19.0 Å². The van der Waals surface area contributed by atoms with Crippen molar-refractivity contribution in [1.82, 2.24) is 10.3 Å². The van der Waals surface area contributed by atoms with Gasteiger partial charge in [0.15, 0.2) is 5.13 Å². The molecule has 2 N–H and O–H groups in total. The highest BCUT2D eigenvalue weighted by atomic mass is 35.5. The summed E-state index contributed by atoms with van der Waals surface area (Å²) >= 11 is 1.45. The predicted octanol–water partition coefficient (Wildman–Crippen LogP) is 5.92. The van der Waals surface area contributed by atoms with E-state index in [9.17, 15) is 4.79 Å². The zero-order chi connectivity index (χ0) is 21.6. The third-order valence-corrected chi connectivity index (χ3v) is 5.87. The molecule has 164 valence electrons. The van der Waals surface area contributed by atoms with E-state index < -0.39 is 0 Å². The molecule has 0 fully saturated rings. The molecule has 0 saturated heterocycles. The summed E-state index contributed by atoms with van der Waals surface area (Å²) in [7, 11) is 1.63. The molecular formula is C25H24ClN3O2S. The number of amides is 1. The van der Waals surface area contributed by atoms with Gasteiger partial charge in [-0.15, -0.1) is 19.0 Å². The van der Waals surface area contributed by atoms with E-state index in [2.05, 4.69) is 34.3 Å². The minimum Gasteiger partial charge on any atom is -0.494 e. The summed E-state index contributed by atoms with van der Waals surface area (Å²) in [6.45, 7) is 5.16. The van der Waals surface area contributed by atoms with Crippen molar-refractivity contribution in [3.05, 3.63) is 90.5 Å². The Hall–Kier alpha value is -3.19. The van der Waals surface area contributed by atoms with Gasteiger partial charge in [0, 0.05) is 24.2 Å². The Morgan fingerprint density at radius 3 is 2.53 bits per heavy atom. The number of hydrogen-bond donors (Lipinski definition) is 2. The number of carbonyl (C=O) groups excluding carboxylic acids is 1. The molecule has 0 radical (unpaired) electrons. The Bertz CT molecular complexity index is 1210. The number of anilines is 1. The predicted molar refractivity (Wildman–Crippen MR) is 135 cm³/mol.